The number of hydrogen-bond donors (Lipinski definition) is 0. The third-order valence-corrected chi connectivity index (χ3v) is 7.69. The van der Waals surface area contributed by atoms with Crippen LogP contribution in [0.25, 0.3) is 10.9 Å². The maximum atomic E-state index is 13.7. The van der Waals surface area contributed by atoms with Gasteiger partial charge in [0.05, 0.1) is 18.5 Å². The van der Waals surface area contributed by atoms with Crippen LogP contribution in [0.3, 0.4) is 0 Å². The molecule has 0 fully saturated rings. The average Bonchev–Trinajstić information content (AvgIpc) is 3.45. The largest absolute Gasteiger partial charge is 0.468 e. The molecule has 1 aromatic heterocycles. The number of esters is 1. The average molecular weight is 500 g/mol. The van der Waals surface area contributed by atoms with E-state index in [0.29, 0.717) is 6.54 Å². The van der Waals surface area contributed by atoms with Crippen molar-refractivity contribution in [2.45, 2.75) is 19.5 Å². The number of anilines is 1. The molecular formula is C27H22BrN3O2. The fourth-order valence-corrected chi connectivity index (χ4v) is 6.05. The Balaban J connectivity index is 1.68. The summed E-state index contributed by atoms with van der Waals surface area (Å²) in [5, 5.41) is 8.34. The monoisotopic (exact) mass is 499 g/mol. The van der Waals surface area contributed by atoms with Crippen LogP contribution in [0, 0.1) is 12.3 Å². The first-order valence-electron chi connectivity index (χ1n) is 10.9. The number of carbonyl (C=O) groups excluding carboxylic acids is 1. The Morgan fingerprint density at radius 3 is 2.48 bits per heavy atom. The molecule has 6 rings (SSSR count). The van der Waals surface area contributed by atoms with Crippen molar-refractivity contribution < 1.29 is 9.53 Å². The maximum Gasteiger partial charge on any atom is 0.322 e. The molecule has 0 aliphatic carbocycles. The van der Waals surface area contributed by atoms with Crippen LogP contribution in [0.15, 0.2) is 88.4 Å². The second kappa shape index (κ2) is 7.32. The van der Waals surface area contributed by atoms with E-state index in [9.17, 15) is 4.79 Å². The Bertz CT molecular complexity index is 1440. The van der Waals surface area contributed by atoms with Crippen molar-refractivity contribution in [3.8, 4) is 0 Å². The van der Waals surface area contributed by atoms with Gasteiger partial charge >= 0.3 is 5.97 Å². The van der Waals surface area contributed by atoms with Crippen LogP contribution in [-0.2, 0) is 16.1 Å². The highest BCUT2D eigenvalue weighted by molar-refractivity contribution is 9.10. The lowest BCUT2D eigenvalue weighted by atomic mass is 9.74. The molecule has 33 heavy (non-hydrogen) atoms. The number of para-hydroxylation sites is 2. The minimum atomic E-state index is -0.974. The molecule has 0 N–H and O–H groups in total. The van der Waals surface area contributed by atoms with Crippen LogP contribution >= 0.6 is 15.9 Å². The SMILES string of the molecule is COC(=O)[C@@]12Cn3c(c(C)c4ccccc43)C1=NN(c1ccccc1)[C@@H]2c1ccccc1Br. The normalized spacial score (nSPS) is 21.1. The number of benzene rings is 3. The quantitative estimate of drug-likeness (QED) is 0.332. The number of rotatable bonds is 3. The van der Waals surface area contributed by atoms with Gasteiger partial charge in [-0.15, -0.1) is 0 Å². The van der Waals surface area contributed by atoms with Crippen molar-refractivity contribution in [2.24, 2.45) is 10.5 Å². The summed E-state index contributed by atoms with van der Waals surface area (Å²) in [6.45, 7) is 2.58. The summed E-state index contributed by atoms with van der Waals surface area (Å²) in [6, 6.07) is 26.1. The van der Waals surface area contributed by atoms with Crippen LogP contribution < -0.4 is 5.01 Å². The summed E-state index contributed by atoms with van der Waals surface area (Å²) in [5.74, 6) is -0.271. The molecule has 0 radical (unpaired) electrons. The zero-order chi connectivity index (χ0) is 22.7. The molecule has 0 saturated carbocycles. The van der Waals surface area contributed by atoms with E-state index in [0.717, 1.165) is 38.2 Å². The minimum Gasteiger partial charge on any atom is -0.468 e. The summed E-state index contributed by atoms with van der Waals surface area (Å²) < 4.78 is 8.67. The van der Waals surface area contributed by atoms with Crippen LogP contribution in [-0.4, -0.2) is 23.4 Å². The van der Waals surface area contributed by atoms with Crippen LogP contribution in [0.2, 0.25) is 0 Å². The molecule has 2 atom stereocenters. The lowest BCUT2D eigenvalue weighted by Crippen LogP contribution is -2.45. The summed E-state index contributed by atoms with van der Waals surface area (Å²) in [6.07, 6.45) is 0. The van der Waals surface area contributed by atoms with E-state index >= 15 is 0 Å². The lowest BCUT2D eigenvalue weighted by Gasteiger charge is -2.35. The number of hydrogen-bond acceptors (Lipinski definition) is 4. The summed E-state index contributed by atoms with van der Waals surface area (Å²) in [4.78, 5) is 13.7. The van der Waals surface area contributed by atoms with Crippen LogP contribution in [0.1, 0.15) is 22.9 Å². The molecule has 0 spiro atoms. The molecule has 0 amide bonds. The highest BCUT2D eigenvalue weighted by Gasteiger charge is 2.63. The lowest BCUT2D eigenvalue weighted by molar-refractivity contribution is -0.149. The van der Waals surface area contributed by atoms with Crippen molar-refractivity contribution in [1.82, 2.24) is 4.57 Å². The fraction of sp³-hybridized carbons (Fsp3) is 0.185. The number of ether oxygens (including phenoxy) is 1. The van der Waals surface area contributed by atoms with Gasteiger partial charge in [0.15, 0.2) is 5.41 Å². The molecule has 0 bridgehead atoms. The number of fused-ring (bicyclic) bond motifs is 5. The van der Waals surface area contributed by atoms with Crippen molar-refractivity contribution in [1.29, 1.82) is 0 Å². The van der Waals surface area contributed by atoms with E-state index in [1.807, 2.05) is 59.6 Å². The van der Waals surface area contributed by atoms with Gasteiger partial charge < -0.3 is 9.30 Å². The fourth-order valence-electron chi connectivity index (χ4n) is 5.55. The first-order valence-corrected chi connectivity index (χ1v) is 11.7. The molecule has 3 heterocycles. The van der Waals surface area contributed by atoms with Crippen LogP contribution in [0.5, 0.6) is 0 Å². The molecule has 0 unspecified atom stereocenters. The van der Waals surface area contributed by atoms with E-state index in [1.165, 1.54) is 12.5 Å². The highest BCUT2D eigenvalue weighted by Crippen LogP contribution is 2.56. The first-order chi connectivity index (χ1) is 16.1. The molecule has 164 valence electrons. The van der Waals surface area contributed by atoms with Gasteiger partial charge in [-0.3, -0.25) is 9.80 Å². The van der Waals surface area contributed by atoms with Crippen LogP contribution in [0.4, 0.5) is 5.69 Å². The first kappa shape index (κ1) is 20.2. The summed E-state index contributed by atoms with van der Waals surface area (Å²) >= 11 is 3.74. The molecule has 6 heteroatoms. The molecular weight excluding hydrogens is 478 g/mol. The Morgan fingerprint density at radius 1 is 1.03 bits per heavy atom. The zero-order valence-electron chi connectivity index (χ0n) is 18.3. The van der Waals surface area contributed by atoms with Crippen molar-refractivity contribution in [3.05, 3.63) is 100 Å². The summed E-state index contributed by atoms with van der Waals surface area (Å²) in [7, 11) is 1.47. The summed E-state index contributed by atoms with van der Waals surface area (Å²) in [5.41, 5.74) is 4.99. The van der Waals surface area contributed by atoms with Crippen molar-refractivity contribution >= 4 is 44.2 Å². The van der Waals surface area contributed by atoms with Gasteiger partial charge in [0.2, 0.25) is 0 Å². The van der Waals surface area contributed by atoms with E-state index < -0.39 is 5.41 Å². The Kier molecular flexibility index (Phi) is 4.49. The number of aromatic nitrogens is 1. The van der Waals surface area contributed by atoms with Gasteiger partial charge in [-0.25, -0.2) is 0 Å². The number of methoxy groups -OCH3 is 1. The second-order valence-electron chi connectivity index (χ2n) is 8.59. The molecule has 2 aliphatic heterocycles. The topological polar surface area (TPSA) is 46.8 Å². The van der Waals surface area contributed by atoms with Gasteiger partial charge in [-0.1, -0.05) is 70.5 Å². The van der Waals surface area contributed by atoms with Crippen molar-refractivity contribution in [2.75, 3.05) is 12.1 Å². The second-order valence-corrected chi connectivity index (χ2v) is 9.45. The molecule has 3 aromatic carbocycles. The predicted octanol–water partition coefficient (Wildman–Crippen LogP) is 5.85. The number of hydrazone groups is 1. The van der Waals surface area contributed by atoms with Crippen molar-refractivity contribution in [3.63, 3.8) is 0 Å². The van der Waals surface area contributed by atoms with Gasteiger partial charge in [0.1, 0.15) is 11.8 Å². The maximum absolute atomic E-state index is 13.7. The molecule has 4 aromatic rings. The molecule has 0 saturated heterocycles. The van der Waals surface area contributed by atoms with Gasteiger partial charge in [-0.05, 0) is 42.3 Å². The van der Waals surface area contributed by atoms with E-state index in [2.05, 4.69) is 51.7 Å². The number of carbonyl (C=O) groups is 1. The third-order valence-electron chi connectivity index (χ3n) is 6.97. The Labute approximate surface area is 200 Å². The standard InChI is InChI=1S/C27H22BrN3O2/c1-17-19-12-7-9-15-22(19)30-16-27(26(32)33-2)24(23(17)30)29-31(18-10-4-3-5-11-18)25(27)20-13-6-8-14-21(20)28/h3-15,25H,16H2,1-2H3/t25-,27+/m1/s1. The Hall–Kier alpha value is -3.38. The predicted molar refractivity (Wildman–Crippen MR) is 133 cm³/mol. The van der Waals surface area contributed by atoms with E-state index in [4.69, 9.17) is 9.84 Å². The van der Waals surface area contributed by atoms with Gasteiger partial charge in [0.25, 0.3) is 0 Å². The minimum absolute atomic E-state index is 0.271. The number of aryl methyl sites for hydroxylation is 1. The van der Waals surface area contributed by atoms with E-state index in [-0.39, 0.29) is 12.0 Å². The molecule has 2 aliphatic rings. The Morgan fingerprint density at radius 2 is 1.73 bits per heavy atom. The number of nitrogens with zero attached hydrogens (tertiary/aromatic N) is 3. The van der Waals surface area contributed by atoms with E-state index in [1.54, 1.807) is 0 Å². The number of halogens is 1. The third kappa shape index (κ3) is 2.64. The smallest absolute Gasteiger partial charge is 0.322 e. The van der Waals surface area contributed by atoms with Gasteiger partial charge in [-0.2, -0.15) is 5.10 Å². The zero-order valence-corrected chi connectivity index (χ0v) is 19.9. The molecule has 5 nitrogen and oxygen atoms in total. The highest BCUT2D eigenvalue weighted by atomic mass is 79.9. The van der Waals surface area contributed by atoms with Gasteiger partial charge in [0, 0.05) is 21.9 Å².